The van der Waals surface area contributed by atoms with E-state index in [1.165, 1.54) is 4.88 Å². The Labute approximate surface area is 117 Å². The first-order valence-corrected chi connectivity index (χ1v) is 7.19. The highest BCUT2D eigenvalue weighted by molar-refractivity contribution is 7.09. The molecule has 2 aromatic rings. The van der Waals surface area contributed by atoms with Crippen molar-refractivity contribution in [1.82, 2.24) is 20.5 Å². The van der Waals surface area contributed by atoms with Crippen LogP contribution in [0, 0.1) is 0 Å². The van der Waals surface area contributed by atoms with Crippen LogP contribution in [0.1, 0.15) is 30.0 Å². The maximum atomic E-state index is 5.03. The van der Waals surface area contributed by atoms with Gasteiger partial charge in [0.25, 0.3) is 0 Å². The smallest absolute Gasteiger partial charge is 0.233 e. The highest BCUT2D eigenvalue weighted by Crippen LogP contribution is 2.19. The van der Waals surface area contributed by atoms with E-state index in [2.05, 4.69) is 27.4 Å². The maximum Gasteiger partial charge on any atom is 0.233 e. The number of nitrogens with one attached hydrogen (secondary N) is 1. The van der Waals surface area contributed by atoms with Gasteiger partial charge in [-0.2, -0.15) is 5.10 Å². The summed E-state index contributed by atoms with van der Waals surface area (Å²) in [5.41, 5.74) is 2.79. The molecule has 6 heteroatoms. The van der Waals surface area contributed by atoms with Crippen molar-refractivity contribution in [2.75, 3.05) is 13.7 Å². The van der Waals surface area contributed by atoms with Gasteiger partial charge in [0.1, 0.15) is 0 Å². The van der Waals surface area contributed by atoms with E-state index in [1.807, 2.05) is 23.8 Å². The molecular formula is C13H18N4OS. The lowest BCUT2D eigenvalue weighted by atomic mass is 10.1. The molecule has 2 rings (SSSR count). The number of thiazole rings is 1. The fraction of sp³-hybridized carbons (Fsp3) is 0.462. The van der Waals surface area contributed by atoms with E-state index in [0.717, 1.165) is 25.1 Å². The molecule has 0 fully saturated rings. The third-order valence-electron chi connectivity index (χ3n) is 2.76. The number of methoxy groups -OCH3 is 1. The van der Waals surface area contributed by atoms with Gasteiger partial charge in [0.05, 0.1) is 24.4 Å². The molecule has 19 heavy (non-hydrogen) atoms. The van der Waals surface area contributed by atoms with Crippen molar-refractivity contribution in [1.29, 1.82) is 0 Å². The monoisotopic (exact) mass is 278 g/mol. The van der Waals surface area contributed by atoms with E-state index in [9.17, 15) is 0 Å². The van der Waals surface area contributed by atoms with Gasteiger partial charge < -0.3 is 10.1 Å². The van der Waals surface area contributed by atoms with Gasteiger partial charge in [-0.25, -0.2) is 0 Å². The van der Waals surface area contributed by atoms with E-state index >= 15 is 0 Å². The first kappa shape index (κ1) is 13.9. The van der Waals surface area contributed by atoms with Gasteiger partial charge in [-0.05, 0) is 19.0 Å². The van der Waals surface area contributed by atoms with Crippen molar-refractivity contribution in [3.8, 4) is 5.88 Å². The number of nitrogens with zero attached hydrogens (tertiary/aromatic N) is 3. The SMILES string of the molecule is CCCNC(Cc1cncs1)c1ccc(OC)nn1. The lowest BCUT2D eigenvalue weighted by Gasteiger charge is -2.16. The van der Waals surface area contributed by atoms with Gasteiger partial charge in [-0.1, -0.05) is 6.92 Å². The molecule has 0 spiro atoms. The van der Waals surface area contributed by atoms with Crippen LogP contribution in [0.15, 0.2) is 23.8 Å². The van der Waals surface area contributed by atoms with Gasteiger partial charge >= 0.3 is 0 Å². The molecule has 1 N–H and O–H groups in total. The normalized spacial score (nSPS) is 12.3. The molecule has 0 aliphatic heterocycles. The van der Waals surface area contributed by atoms with Crippen LogP contribution in [0.25, 0.3) is 0 Å². The van der Waals surface area contributed by atoms with Gasteiger partial charge in [-0.15, -0.1) is 16.4 Å². The standard InChI is InChI=1S/C13H18N4OS/c1-3-6-15-12(7-10-8-14-9-19-10)11-4-5-13(18-2)17-16-11/h4-5,8-9,12,15H,3,6-7H2,1-2H3. The van der Waals surface area contributed by atoms with Crippen molar-refractivity contribution in [3.63, 3.8) is 0 Å². The summed E-state index contributed by atoms with van der Waals surface area (Å²) in [5, 5.41) is 11.8. The Morgan fingerprint density at radius 1 is 1.37 bits per heavy atom. The summed E-state index contributed by atoms with van der Waals surface area (Å²) in [5.74, 6) is 0.538. The predicted octanol–water partition coefficient (Wildman–Crippen LogP) is 2.23. The topological polar surface area (TPSA) is 59.9 Å². The minimum Gasteiger partial charge on any atom is -0.480 e. The van der Waals surface area contributed by atoms with Crippen LogP contribution in [0.4, 0.5) is 0 Å². The molecule has 0 aliphatic carbocycles. The lowest BCUT2D eigenvalue weighted by molar-refractivity contribution is 0.389. The zero-order valence-electron chi connectivity index (χ0n) is 11.2. The molecule has 2 heterocycles. The molecule has 0 bridgehead atoms. The van der Waals surface area contributed by atoms with Crippen LogP contribution in [0.2, 0.25) is 0 Å². The van der Waals surface area contributed by atoms with Gasteiger partial charge in [-0.3, -0.25) is 4.98 Å². The van der Waals surface area contributed by atoms with Crippen molar-refractivity contribution < 1.29 is 4.74 Å². The molecule has 0 aliphatic rings. The number of hydrogen-bond donors (Lipinski definition) is 1. The summed E-state index contributed by atoms with van der Waals surface area (Å²) in [6.45, 7) is 3.10. The average Bonchev–Trinajstić information content (AvgIpc) is 2.96. The quantitative estimate of drug-likeness (QED) is 0.841. The summed E-state index contributed by atoms with van der Waals surface area (Å²) < 4.78 is 5.03. The van der Waals surface area contributed by atoms with Gasteiger partial charge in [0.2, 0.25) is 5.88 Å². The van der Waals surface area contributed by atoms with Crippen molar-refractivity contribution in [3.05, 3.63) is 34.4 Å². The number of aromatic nitrogens is 3. The second-order valence-corrected chi connectivity index (χ2v) is 5.15. The molecule has 0 saturated carbocycles. The molecule has 102 valence electrons. The molecule has 5 nitrogen and oxygen atoms in total. The van der Waals surface area contributed by atoms with Crippen molar-refractivity contribution in [2.45, 2.75) is 25.8 Å². The van der Waals surface area contributed by atoms with Gasteiger partial charge in [0, 0.05) is 23.6 Å². The second kappa shape index (κ2) is 7.16. The Bertz CT molecular complexity index is 472. The Hall–Kier alpha value is -1.53. The number of hydrogen-bond acceptors (Lipinski definition) is 6. The van der Waals surface area contributed by atoms with E-state index in [-0.39, 0.29) is 6.04 Å². The third kappa shape index (κ3) is 3.97. The van der Waals surface area contributed by atoms with Crippen LogP contribution < -0.4 is 10.1 Å². The Morgan fingerprint density at radius 2 is 2.26 bits per heavy atom. The van der Waals surface area contributed by atoms with Crippen LogP contribution >= 0.6 is 11.3 Å². The zero-order chi connectivity index (χ0) is 13.5. The van der Waals surface area contributed by atoms with E-state index < -0.39 is 0 Å². The molecule has 2 aromatic heterocycles. The minimum absolute atomic E-state index is 0.166. The Kier molecular flexibility index (Phi) is 5.23. The molecule has 1 unspecified atom stereocenters. The predicted molar refractivity (Wildman–Crippen MR) is 75.4 cm³/mol. The summed E-state index contributed by atoms with van der Waals surface area (Å²) in [6.07, 6.45) is 3.87. The Morgan fingerprint density at radius 3 is 2.84 bits per heavy atom. The van der Waals surface area contributed by atoms with E-state index in [1.54, 1.807) is 18.4 Å². The summed E-state index contributed by atoms with van der Waals surface area (Å²) in [4.78, 5) is 5.35. The van der Waals surface area contributed by atoms with Crippen LogP contribution in [-0.2, 0) is 6.42 Å². The maximum absolute atomic E-state index is 5.03. The average molecular weight is 278 g/mol. The molecule has 0 amide bonds. The number of rotatable bonds is 7. The van der Waals surface area contributed by atoms with Crippen molar-refractivity contribution >= 4 is 11.3 Å². The first-order valence-electron chi connectivity index (χ1n) is 6.31. The van der Waals surface area contributed by atoms with Crippen LogP contribution in [-0.4, -0.2) is 28.8 Å². The first-order chi connectivity index (χ1) is 9.33. The fourth-order valence-electron chi connectivity index (χ4n) is 1.77. The minimum atomic E-state index is 0.166. The van der Waals surface area contributed by atoms with E-state index in [0.29, 0.717) is 5.88 Å². The van der Waals surface area contributed by atoms with Crippen molar-refractivity contribution in [2.24, 2.45) is 0 Å². The zero-order valence-corrected chi connectivity index (χ0v) is 12.0. The Balaban J connectivity index is 2.10. The lowest BCUT2D eigenvalue weighted by Crippen LogP contribution is -2.25. The van der Waals surface area contributed by atoms with Crippen LogP contribution in [0.5, 0.6) is 5.88 Å². The fourth-order valence-corrected chi connectivity index (χ4v) is 2.41. The second-order valence-electron chi connectivity index (χ2n) is 4.18. The summed E-state index contributed by atoms with van der Waals surface area (Å²) in [6, 6.07) is 3.97. The molecular weight excluding hydrogens is 260 g/mol. The van der Waals surface area contributed by atoms with E-state index in [4.69, 9.17) is 4.74 Å². The summed E-state index contributed by atoms with van der Waals surface area (Å²) >= 11 is 1.66. The highest BCUT2D eigenvalue weighted by atomic mass is 32.1. The molecule has 0 radical (unpaired) electrons. The molecule has 0 aromatic carbocycles. The van der Waals surface area contributed by atoms with Gasteiger partial charge in [0.15, 0.2) is 0 Å². The highest BCUT2D eigenvalue weighted by Gasteiger charge is 2.14. The van der Waals surface area contributed by atoms with Crippen LogP contribution in [0.3, 0.4) is 0 Å². The summed E-state index contributed by atoms with van der Waals surface area (Å²) in [7, 11) is 1.59. The largest absolute Gasteiger partial charge is 0.480 e. The third-order valence-corrected chi connectivity index (χ3v) is 3.56. The molecule has 1 atom stereocenters. The molecule has 0 saturated heterocycles. The number of ether oxygens (including phenoxy) is 1.